The third-order valence-corrected chi connectivity index (χ3v) is 4.71. The number of nitrogens with zero attached hydrogens (tertiary/aromatic N) is 1. The van der Waals surface area contributed by atoms with E-state index in [1.807, 2.05) is 4.90 Å². The minimum atomic E-state index is -1.66. The van der Waals surface area contributed by atoms with E-state index in [-0.39, 0.29) is 18.8 Å². The molecule has 0 aliphatic carbocycles. The maximum atomic E-state index is 12.4. The summed E-state index contributed by atoms with van der Waals surface area (Å²) >= 11 is 0. The van der Waals surface area contributed by atoms with Gasteiger partial charge in [-0.1, -0.05) is 0 Å². The lowest BCUT2D eigenvalue weighted by Gasteiger charge is -2.39. The Morgan fingerprint density at radius 2 is 1.52 bits per heavy atom. The fraction of sp³-hybridized carbons (Fsp3) is 0.632. The van der Waals surface area contributed by atoms with Crippen LogP contribution in [0.3, 0.4) is 0 Å². The molecule has 1 aliphatic rings. The van der Waals surface area contributed by atoms with Gasteiger partial charge in [-0.25, -0.2) is 4.79 Å². The predicted molar refractivity (Wildman–Crippen MR) is 101 cm³/mol. The van der Waals surface area contributed by atoms with E-state index in [1.165, 1.54) is 12.1 Å². The first-order chi connectivity index (χ1) is 13.9. The highest BCUT2D eigenvalue weighted by Gasteiger charge is 2.45. The largest absolute Gasteiger partial charge is 0.429 e. The van der Waals surface area contributed by atoms with Gasteiger partial charge in [0, 0.05) is 32.0 Å². The molecule has 0 spiro atoms. The number of aliphatic hydroxyl groups is 6. The van der Waals surface area contributed by atoms with Crippen molar-refractivity contribution in [2.45, 2.75) is 43.5 Å². The number of carbonyl (C=O) groups excluding carboxylic acids is 1. The fourth-order valence-corrected chi connectivity index (χ4v) is 3.04. The molecule has 1 aromatic rings. The summed E-state index contributed by atoms with van der Waals surface area (Å²) in [5, 5.41) is 56.7. The molecule has 2 rings (SSSR count). The van der Waals surface area contributed by atoms with E-state index in [0.29, 0.717) is 25.9 Å². The summed E-state index contributed by atoms with van der Waals surface area (Å²) in [6.45, 7) is 0.639. The van der Waals surface area contributed by atoms with E-state index in [9.17, 15) is 25.2 Å². The van der Waals surface area contributed by atoms with Crippen molar-refractivity contribution in [3.63, 3.8) is 0 Å². The molecule has 1 fully saturated rings. The zero-order chi connectivity index (χ0) is 21.4. The summed E-state index contributed by atoms with van der Waals surface area (Å²) in [4.78, 5) is 14.3. The van der Waals surface area contributed by atoms with Crippen molar-refractivity contribution < 1.29 is 44.9 Å². The monoisotopic (exact) mass is 415 g/mol. The van der Waals surface area contributed by atoms with Gasteiger partial charge in [0.2, 0.25) is 6.29 Å². The Bertz CT molecular complexity index is 617. The first-order valence-electron chi connectivity index (χ1n) is 9.51. The molecule has 1 heterocycles. The van der Waals surface area contributed by atoms with Gasteiger partial charge in [-0.2, -0.15) is 0 Å². The van der Waals surface area contributed by atoms with E-state index in [2.05, 4.69) is 0 Å². The van der Waals surface area contributed by atoms with Crippen molar-refractivity contribution in [3.05, 3.63) is 29.8 Å². The van der Waals surface area contributed by atoms with Gasteiger partial charge in [-0.3, -0.25) is 0 Å². The Kier molecular flexibility index (Phi) is 9.24. The number of benzene rings is 1. The van der Waals surface area contributed by atoms with Crippen LogP contribution in [0.2, 0.25) is 0 Å². The number of esters is 1. The van der Waals surface area contributed by atoms with Crippen molar-refractivity contribution in [1.29, 1.82) is 0 Å². The second kappa shape index (κ2) is 11.4. The van der Waals surface area contributed by atoms with Crippen LogP contribution < -0.4 is 4.90 Å². The Balaban J connectivity index is 2.03. The summed E-state index contributed by atoms with van der Waals surface area (Å²) in [6, 6.07) is 6.43. The minimum Gasteiger partial charge on any atom is -0.429 e. The second-order valence-electron chi connectivity index (χ2n) is 6.79. The number of rotatable bonds is 10. The minimum absolute atomic E-state index is 0.0408. The first-order valence-corrected chi connectivity index (χ1v) is 9.51. The lowest BCUT2D eigenvalue weighted by Crippen LogP contribution is -2.59. The van der Waals surface area contributed by atoms with E-state index in [0.717, 1.165) is 5.69 Å². The summed E-state index contributed by atoms with van der Waals surface area (Å²) in [6.07, 6.45) is -6.41. The van der Waals surface area contributed by atoms with E-state index in [1.54, 1.807) is 12.1 Å². The fourth-order valence-electron chi connectivity index (χ4n) is 3.04. The van der Waals surface area contributed by atoms with Gasteiger partial charge >= 0.3 is 5.97 Å². The highest BCUT2D eigenvalue weighted by molar-refractivity contribution is 5.90. The molecule has 1 aromatic carbocycles. The van der Waals surface area contributed by atoms with Gasteiger partial charge in [-0.05, 0) is 37.1 Å². The highest BCUT2D eigenvalue weighted by atomic mass is 16.7. The predicted octanol–water partition coefficient (Wildman–Crippen LogP) is -1.79. The molecule has 0 aromatic heterocycles. The number of hydrogen-bond donors (Lipinski definition) is 6. The maximum Gasteiger partial charge on any atom is 0.340 e. The number of hydrogen-bond acceptors (Lipinski definition) is 10. The van der Waals surface area contributed by atoms with Crippen LogP contribution >= 0.6 is 0 Å². The molecule has 164 valence electrons. The number of anilines is 1. The lowest BCUT2D eigenvalue weighted by molar-refractivity contribution is -0.285. The summed E-state index contributed by atoms with van der Waals surface area (Å²) < 4.78 is 10.3. The van der Waals surface area contributed by atoms with Crippen LogP contribution in [-0.4, -0.2) is 100 Å². The molecule has 0 radical (unpaired) electrons. The Hall–Kier alpha value is -1.79. The molecule has 1 aliphatic heterocycles. The zero-order valence-corrected chi connectivity index (χ0v) is 16.0. The van der Waals surface area contributed by atoms with Crippen LogP contribution in [0.5, 0.6) is 0 Å². The lowest BCUT2D eigenvalue weighted by atomic mass is 9.99. The van der Waals surface area contributed by atoms with Gasteiger partial charge in [-0.15, -0.1) is 0 Å². The zero-order valence-electron chi connectivity index (χ0n) is 16.0. The highest BCUT2D eigenvalue weighted by Crippen LogP contribution is 2.23. The van der Waals surface area contributed by atoms with E-state index in [4.69, 9.17) is 19.7 Å². The quantitative estimate of drug-likeness (QED) is 0.241. The molecule has 0 amide bonds. The first kappa shape index (κ1) is 23.5. The number of ether oxygens (including phenoxy) is 2. The van der Waals surface area contributed by atoms with Crippen LogP contribution in [0.4, 0.5) is 5.69 Å². The van der Waals surface area contributed by atoms with Crippen LogP contribution in [0.15, 0.2) is 24.3 Å². The molecule has 5 atom stereocenters. The molecular weight excluding hydrogens is 386 g/mol. The van der Waals surface area contributed by atoms with Gasteiger partial charge in [0.15, 0.2) is 0 Å². The molecule has 0 saturated carbocycles. The van der Waals surface area contributed by atoms with Crippen LogP contribution in [0.1, 0.15) is 23.2 Å². The summed E-state index contributed by atoms with van der Waals surface area (Å²) in [7, 11) is 0. The molecule has 0 bridgehead atoms. The molecular formula is C19H29NO9. The molecule has 1 unspecified atom stereocenters. The van der Waals surface area contributed by atoms with Crippen LogP contribution in [0.25, 0.3) is 0 Å². The standard InChI is InChI=1S/C19H29NO9/c21-9-1-7-20(8-2-10-22)13-5-3-12(4-6-13)18(27)29-19-17(26)16(25)15(24)14(11-23)28-19/h3-6,14-17,19,21-26H,1-2,7-11H2/t14-,15-,16+,17-,19?/m1/s1. The maximum absolute atomic E-state index is 12.4. The van der Waals surface area contributed by atoms with Crippen LogP contribution in [0, 0.1) is 0 Å². The Labute approximate surface area is 168 Å². The topological polar surface area (TPSA) is 160 Å². The summed E-state index contributed by atoms with van der Waals surface area (Å²) in [5.74, 6) is -0.807. The third-order valence-electron chi connectivity index (χ3n) is 4.71. The van der Waals surface area contributed by atoms with Gasteiger partial charge < -0.3 is 45.0 Å². The average Bonchev–Trinajstić information content (AvgIpc) is 2.74. The van der Waals surface area contributed by atoms with Crippen molar-refractivity contribution in [2.24, 2.45) is 0 Å². The third kappa shape index (κ3) is 6.09. The molecule has 10 nitrogen and oxygen atoms in total. The normalized spacial score (nSPS) is 26.9. The van der Waals surface area contributed by atoms with E-state index >= 15 is 0 Å². The molecule has 10 heteroatoms. The van der Waals surface area contributed by atoms with Crippen molar-refractivity contribution in [1.82, 2.24) is 0 Å². The second-order valence-corrected chi connectivity index (χ2v) is 6.79. The SMILES string of the molecule is O=C(OC1O[C@H](CO)[C@@H](O)[C@H](O)[C@H]1O)c1ccc(N(CCCO)CCCO)cc1. The Morgan fingerprint density at radius 3 is 2.03 bits per heavy atom. The van der Waals surface area contributed by atoms with Crippen molar-refractivity contribution >= 4 is 11.7 Å². The van der Waals surface area contributed by atoms with Gasteiger partial charge in [0.25, 0.3) is 0 Å². The summed E-state index contributed by atoms with van der Waals surface area (Å²) in [5.41, 5.74) is 0.978. The van der Waals surface area contributed by atoms with Crippen LogP contribution in [-0.2, 0) is 9.47 Å². The number of aliphatic hydroxyl groups excluding tert-OH is 6. The van der Waals surface area contributed by atoms with E-state index < -0.39 is 43.3 Å². The smallest absolute Gasteiger partial charge is 0.340 e. The number of carbonyl (C=O) groups is 1. The molecule has 6 N–H and O–H groups in total. The molecule has 1 saturated heterocycles. The Morgan fingerprint density at radius 1 is 0.931 bits per heavy atom. The van der Waals surface area contributed by atoms with Crippen molar-refractivity contribution in [2.75, 3.05) is 37.8 Å². The van der Waals surface area contributed by atoms with Crippen molar-refractivity contribution in [3.8, 4) is 0 Å². The molecule has 29 heavy (non-hydrogen) atoms. The van der Waals surface area contributed by atoms with Gasteiger partial charge in [0.05, 0.1) is 12.2 Å². The van der Waals surface area contributed by atoms with Gasteiger partial charge in [0.1, 0.15) is 24.4 Å². The average molecular weight is 415 g/mol.